The first kappa shape index (κ1) is 8.90. The van der Waals surface area contributed by atoms with Crippen molar-refractivity contribution in [3.8, 4) is 0 Å². The normalized spacial score (nSPS) is 27.0. The van der Waals surface area contributed by atoms with E-state index in [1.807, 2.05) is 0 Å². The summed E-state index contributed by atoms with van der Waals surface area (Å²) in [5, 5.41) is 0. The fraction of sp³-hybridized carbons (Fsp3) is 0.625. The molecule has 1 rings (SSSR count). The van der Waals surface area contributed by atoms with E-state index in [1.54, 1.807) is 6.20 Å². The van der Waals surface area contributed by atoms with Crippen LogP contribution in [0.25, 0.3) is 0 Å². The van der Waals surface area contributed by atoms with Gasteiger partial charge in [-0.3, -0.25) is 0 Å². The highest BCUT2D eigenvalue weighted by atomic mass is 15.0. The van der Waals surface area contributed by atoms with Crippen LogP contribution in [0.5, 0.6) is 0 Å². The van der Waals surface area contributed by atoms with Gasteiger partial charge in [0.05, 0.1) is 6.04 Å². The summed E-state index contributed by atoms with van der Waals surface area (Å²) in [5.41, 5.74) is 17.3. The molecule has 1 fully saturated rings. The molecule has 0 bridgehead atoms. The average Bonchev–Trinajstić information content (AvgIpc) is 2.03. The van der Waals surface area contributed by atoms with E-state index in [2.05, 4.69) is 4.99 Å². The molecule has 0 heterocycles. The van der Waals surface area contributed by atoms with E-state index in [9.17, 15) is 0 Å². The Kier molecular flexibility index (Phi) is 2.96. The monoisotopic (exact) mass is 168 g/mol. The lowest BCUT2D eigenvalue weighted by Gasteiger charge is -2.20. The fourth-order valence-electron chi connectivity index (χ4n) is 1.54. The van der Waals surface area contributed by atoms with Crippen molar-refractivity contribution in [1.82, 2.24) is 0 Å². The van der Waals surface area contributed by atoms with Gasteiger partial charge in [0.25, 0.3) is 0 Å². The second kappa shape index (κ2) is 3.99. The molecular weight excluding hydrogens is 152 g/mol. The van der Waals surface area contributed by atoms with Gasteiger partial charge in [-0.05, 0) is 31.9 Å². The van der Waals surface area contributed by atoms with Crippen LogP contribution in [0.2, 0.25) is 0 Å². The van der Waals surface area contributed by atoms with Crippen molar-refractivity contribution in [3.63, 3.8) is 0 Å². The Morgan fingerprint density at radius 1 is 1.50 bits per heavy atom. The topological polar surface area (TPSA) is 90.4 Å². The van der Waals surface area contributed by atoms with Gasteiger partial charge in [-0.1, -0.05) is 5.57 Å². The Hall–Kier alpha value is -1.19. The summed E-state index contributed by atoms with van der Waals surface area (Å²) in [4.78, 5) is 4.11. The quantitative estimate of drug-likeness (QED) is 0.381. The zero-order chi connectivity index (χ0) is 8.97. The van der Waals surface area contributed by atoms with Gasteiger partial charge in [-0.15, -0.1) is 0 Å². The molecule has 4 nitrogen and oxygen atoms in total. The first-order chi connectivity index (χ1) is 5.72. The number of nitrogens with zero attached hydrogens (tertiary/aromatic N) is 1. The van der Waals surface area contributed by atoms with E-state index >= 15 is 0 Å². The third kappa shape index (κ3) is 2.45. The molecule has 6 N–H and O–H groups in total. The molecule has 1 atom stereocenters. The Labute approximate surface area is 72.5 Å². The molecule has 0 aromatic rings. The summed E-state index contributed by atoms with van der Waals surface area (Å²) in [5.74, 6) is 0.179. The van der Waals surface area contributed by atoms with Gasteiger partial charge in [0.15, 0.2) is 5.96 Å². The molecule has 0 aliphatic heterocycles. The lowest BCUT2D eigenvalue weighted by molar-refractivity contribution is 0.518. The van der Waals surface area contributed by atoms with E-state index in [0.717, 1.165) is 25.7 Å². The largest absolute Gasteiger partial charge is 0.405 e. The van der Waals surface area contributed by atoms with E-state index in [1.165, 1.54) is 5.57 Å². The molecule has 0 unspecified atom stereocenters. The van der Waals surface area contributed by atoms with Crippen molar-refractivity contribution in [2.24, 2.45) is 22.2 Å². The second-order valence-corrected chi connectivity index (χ2v) is 3.13. The van der Waals surface area contributed by atoms with E-state index in [4.69, 9.17) is 17.2 Å². The molecule has 0 saturated heterocycles. The van der Waals surface area contributed by atoms with Gasteiger partial charge in [0.1, 0.15) is 0 Å². The minimum Gasteiger partial charge on any atom is -0.405 e. The van der Waals surface area contributed by atoms with Crippen molar-refractivity contribution >= 4 is 5.96 Å². The first-order valence-electron chi connectivity index (χ1n) is 4.20. The summed E-state index contributed by atoms with van der Waals surface area (Å²) in [6, 6.07) is 0.249. The maximum atomic E-state index is 5.42. The predicted molar refractivity (Wildman–Crippen MR) is 50.3 cm³/mol. The average molecular weight is 168 g/mol. The first-order valence-corrected chi connectivity index (χ1v) is 4.20. The minimum atomic E-state index is 0.179. The standard InChI is InChI=1S/C8H16N4/c9-5-6-2-1-3-7(4-6)12-8(10)11/h5,7H,1-4,9H2,(H4,10,11,12)/b6-5-/t7-/m0/s1. The van der Waals surface area contributed by atoms with E-state index in [-0.39, 0.29) is 12.0 Å². The van der Waals surface area contributed by atoms with Gasteiger partial charge >= 0.3 is 0 Å². The molecule has 4 heteroatoms. The smallest absolute Gasteiger partial charge is 0.186 e. The minimum absolute atomic E-state index is 0.179. The number of rotatable bonds is 1. The molecule has 12 heavy (non-hydrogen) atoms. The number of aliphatic imine (C=N–C) groups is 1. The predicted octanol–water partition coefficient (Wildman–Crippen LogP) is 0.0450. The third-order valence-electron chi connectivity index (χ3n) is 2.10. The highest BCUT2D eigenvalue weighted by Gasteiger charge is 2.15. The zero-order valence-electron chi connectivity index (χ0n) is 7.16. The van der Waals surface area contributed by atoms with Gasteiger partial charge < -0.3 is 17.2 Å². The number of hydrogen-bond donors (Lipinski definition) is 3. The molecule has 0 aromatic heterocycles. The van der Waals surface area contributed by atoms with E-state index in [0.29, 0.717) is 0 Å². The van der Waals surface area contributed by atoms with Gasteiger partial charge in [-0.25, -0.2) is 4.99 Å². The molecule has 1 aliphatic rings. The maximum Gasteiger partial charge on any atom is 0.186 e. The Morgan fingerprint density at radius 3 is 2.83 bits per heavy atom. The van der Waals surface area contributed by atoms with Gasteiger partial charge in [-0.2, -0.15) is 0 Å². The third-order valence-corrected chi connectivity index (χ3v) is 2.10. The summed E-state index contributed by atoms with van der Waals surface area (Å²) >= 11 is 0. The van der Waals surface area contributed by atoms with Gasteiger partial charge in [0.2, 0.25) is 0 Å². The Morgan fingerprint density at radius 2 is 2.25 bits per heavy atom. The van der Waals surface area contributed by atoms with Crippen LogP contribution in [-0.2, 0) is 0 Å². The number of guanidine groups is 1. The fourth-order valence-corrected chi connectivity index (χ4v) is 1.54. The lowest BCUT2D eigenvalue weighted by atomic mass is 9.92. The van der Waals surface area contributed by atoms with Crippen LogP contribution in [0.3, 0.4) is 0 Å². The lowest BCUT2D eigenvalue weighted by Crippen LogP contribution is -2.26. The summed E-state index contributed by atoms with van der Waals surface area (Å²) < 4.78 is 0. The van der Waals surface area contributed by atoms with Crippen LogP contribution in [-0.4, -0.2) is 12.0 Å². The van der Waals surface area contributed by atoms with Crippen LogP contribution in [0.4, 0.5) is 0 Å². The van der Waals surface area contributed by atoms with Crippen molar-refractivity contribution in [3.05, 3.63) is 11.8 Å². The SMILES string of the molecule is N/C=C1/CCC[C@H](N=C(N)N)C1. The number of nitrogens with two attached hydrogens (primary N) is 3. The summed E-state index contributed by atoms with van der Waals surface area (Å²) in [6.07, 6.45) is 5.87. The van der Waals surface area contributed by atoms with Crippen molar-refractivity contribution in [2.45, 2.75) is 31.7 Å². The molecule has 1 saturated carbocycles. The zero-order valence-corrected chi connectivity index (χ0v) is 7.16. The van der Waals surface area contributed by atoms with Crippen LogP contribution in [0.1, 0.15) is 25.7 Å². The highest BCUT2D eigenvalue weighted by molar-refractivity contribution is 5.75. The molecule has 0 amide bonds. The number of hydrogen-bond acceptors (Lipinski definition) is 2. The van der Waals surface area contributed by atoms with Crippen molar-refractivity contribution in [1.29, 1.82) is 0 Å². The molecule has 0 radical (unpaired) electrons. The molecule has 1 aliphatic carbocycles. The molecular formula is C8H16N4. The van der Waals surface area contributed by atoms with Crippen molar-refractivity contribution in [2.75, 3.05) is 0 Å². The Bertz CT molecular complexity index is 203. The van der Waals surface area contributed by atoms with Gasteiger partial charge in [0, 0.05) is 0 Å². The highest BCUT2D eigenvalue weighted by Crippen LogP contribution is 2.24. The van der Waals surface area contributed by atoms with Crippen LogP contribution in [0, 0.1) is 0 Å². The van der Waals surface area contributed by atoms with Crippen LogP contribution in [0.15, 0.2) is 16.8 Å². The molecule has 68 valence electrons. The van der Waals surface area contributed by atoms with E-state index < -0.39 is 0 Å². The second-order valence-electron chi connectivity index (χ2n) is 3.13. The Balaban J connectivity index is 2.52. The molecule has 0 aromatic carbocycles. The van der Waals surface area contributed by atoms with Crippen molar-refractivity contribution < 1.29 is 0 Å². The van der Waals surface area contributed by atoms with Crippen LogP contribution >= 0.6 is 0 Å². The van der Waals surface area contributed by atoms with Crippen LogP contribution < -0.4 is 17.2 Å². The maximum absolute atomic E-state index is 5.42. The molecule has 0 spiro atoms. The summed E-state index contributed by atoms with van der Waals surface area (Å²) in [7, 11) is 0. The summed E-state index contributed by atoms with van der Waals surface area (Å²) in [6.45, 7) is 0.